The minimum absolute atomic E-state index is 0.193. The van der Waals surface area contributed by atoms with Crippen LogP contribution in [0.2, 0.25) is 5.02 Å². The minimum atomic E-state index is -0.331. The van der Waals surface area contributed by atoms with Crippen LogP contribution in [-0.2, 0) is 13.0 Å². The van der Waals surface area contributed by atoms with Crippen LogP contribution < -0.4 is 26.0 Å². The summed E-state index contributed by atoms with van der Waals surface area (Å²) in [5, 5.41) is 26.3. The third-order valence-electron chi connectivity index (χ3n) is 13.8. The fourth-order valence-electron chi connectivity index (χ4n) is 10.0. The lowest BCUT2D eigenvalue weighted by atomic mass is 9.82. The molecule has 0 radical (unpaired) electrons. The molecule has 3 aromatic carbocycles. The topological polar surface area (TPSA) is 207 Å². The number of terminal acetylenes is 1. The molecule has 12 rings (SSSR count). The first-order valence-corrected chi connectivity index (χ1v) is 26.7. The van der Waals surface area contributed by atoms with Gasteiger partial charge in [0.15, 0.2) is 16.9 Å². The fraction of sp³-hybridized carbons (Fsp3) is 0.246. The normalized spacial score (nSPS) is 13.9. The number of hydrogen-bond donors (Lipinski definition) is 4. The zero-order valence-corrected chi connectivity index (χ0v) is 46.3. The second-order valence-corrected chi connectivity index (χ2v) is 20.2. The van der Waals surface area contributed by atoms with Gasteiger partial charge in [-0.1, -0.05) is 23.6 Å². The Labute approximate surface area is 468 Å². The van der Waals surface area contributed by atoms with Gasteiger partial charge in [0.05, 0.1) is 31.3 Å². The summed E-state index contributed by atoms with van der Waals surface area (Å²) < 4.78 is 11.1. The smallest absolute Gasteiger partial charge is 0.261 e. The van der Waals surface area contributed by atoms with E-state index in [-0.39, 0.29) is 17.9 Å². The number of nitrogens with one attached hydrogen (secondary N) is 4. The van der Waals surface area contributed by atoms with Gasteiger partial charge in [-0.15, -0.1) is 6.42 Å². The van der Waals surface area contributed by atoms with Crippen molar-refractivity contribution < 1.29 is 14.3 Å². The first kappa shape index (κ1) is 53.9. The van der Waals surface area contributed by atoms with Crippen molar-refractivity contribution in [2.75, 3.05) is 29.0 Å². The number of nitrogens with zero attached hydrogens (tertiary/aromatic N) is 11. The summed E-state index contributed by atoms with van der Waals surface area (Å²) in [7, 11) is 0. The average Bonchev–Trinajstić information content (AvgIpc) is 4.47. The van der Waals surface area contributed by atoms with Crippen molar-refractivity contribution in [1.82, 2.24) is 54.1 Å². The highest BCUT2D eigenvalue weighted by Crippen LogP contribution is 2.35. The average molecular weight is 1090 g/mol. The first-order chi connectivity index (χ1) is 38.7. The van der Waals surface area contributed by atoms with Gasteiger partial charge in [0.25, 0.3) is 11.8 Å². The van der Waals surface area contributed by atoms with Crippen molar-refractivity contribution in [2.24, 2.45) is 4.99 Å². The number of aliphatic imine (C=N–C) groups is 1. The largest absolute Gasteiger partial charge is 0.484 e. The summed E-state index contributed by atoms with van der Waals surface area (Å²) in [5.41, 5.74) is 16.3. The summed E-state index contributed by atoms with van der Waals surface area (Å²) in [6.07, 6.45) is 16.6. The molecule has 4 N–H and O–H groups in total. The Balaban J connectivity index is 0.000000137. The molecular weight excluding hydrogens is 1030 g/mol. The van der Waals surface area contributed by atoms with E-state index < -0.39 is 0 Å². The lowest BCUT2D eigenvalue weighted by Crippen LogP contribution is -2.28. The van der Waals surface area contributed by atoms with Crippen LogP contribution in [0.1, 0.15) is 114 Å². The van der Waals surface area contributed by atoms with Crippen LogP contribution in [0.15, 0.2) is 127 Å². The number of carbonyl (C=O) groups excluding carboxylic acids is 2. The van der Waals surface area contributed by atoms with Crippen LogP contribution >= 0.6 is 11.6 Å². The number of amidine groups is 1. The van der Waals surface area contributed by atoms with Crippen LogP contribution in [-0.4, -0.2) is 79.5 Å². The lowest BCUT2D eigenvalue weighted by Gasteiger charge is -2.26. The molecule has 0 spiro atoms. The third kappa shape index (κ3) is 12.0. The van der Waals surface area contributed by atoms with Crippen LogP contribution in [0.3, 0.4) is 0 Å². The van der Waals surface area contributed by atoms with Gasteiger partial charge in [0.1, 0.15) is 28.8 Å². The van der Waals surface area contributed by atoms with E-state index in [9.17, 15) is 9.59 Å². The van der Waals surface area contributed by atoms with E-state index in [1.165, 1.54) is 17.3 Å². The molecule has 8 heterocycles. The molecule has 404 valence electrons. The second-order valence-electron chi connectivity index (χ2n) is 19.8. The molecule has 2 unspecified atom stereocenters. The van der Waals surface area contributed by atoms with Crippen molar-refractivity contribution in [2.45, 2.75) is 86.3 Å². The Hall–Kier alpha value is -9.47. The maximum absolute atomic E-state index is 13.0. The lowest BCUT2D eigenvalue weighted by molar-refractivity contribution is 0.102. The van der Waals surface area contributed by atoms with Gasteiger partial charge in [0, 0.05) is 98.1 Å². The van der Waals surface area contributed by atoms with E-state index in [0.29, 0.717) is 51.3 Å². The summed E-state index contributed by atoms with van der Waals surface area (Å²) >= 11 is 6.37. The minimum Gasteiger partial charge on any atom is -0.484 e. The predicted molar refractivity (Wildman–Crippen MR) is 312 cm³/mol. The molecule has 0 fully saturated rings. The van der Waals surface area contributed by atoms with E-state index in [0.717, 1.165) is 106 Å². The molecule has 1 aliphatic heterocycles. The number of benzene rings is 3. The maximum atomic E-state index is 13.0. The van der Waals surface area contributed by atoms with Gasteiger partial charge < -0.3 is 26.0 Å². The zero-order valence-electron chi connectivity index (χ0n) is 45.5. The van der Waals surface area contributed by atoms with E-state index in [2.05, 4.69) is 79.5 Å². The number of hydrogen-bond acceptors (Lipinski definition) is 13. The molecule has 7 aromatic heterocycles. The van der Waals surface area contributed by atoms with Gasteiger partial charge in [0.2, 0.25) is 0 Å². The van der Waals surface area contributed by atoms with Crippen LogP contribution in [0.5, 0.6) is 5.75 Å². The Morgan fingerprint density at radius 2 is 1.32 bits per heavy atom. The summed E-state index contributed by atoms with van der Waals surface area (Å²) in [4.78, 5) is 48.1. The zero-order chi connectivity index (χ0) is 56.0. The number of fused-ring (bicyclic) bond motifs is 4. The summed E-state index contributed by atoms with van der Waals surface area (Å²) in [6, 6.07) is 28.8. The standard InChI is InChI=1S/C22H20ClN5O2.C22H24N6O.C17H16N4/c1-13-9-14(2)28-21(26-13)19(12-25-28)22(29)27-16-6-7-20(23)18(10-16)15(3)30-17-5-4-8-24-11-17;1-13-10-14(2)28-21(26-13)19(12-25-28)22(29)27-16-7-6-15-4-3-5-17(18(15)11-16)20-23-8-9-24-20;1-4-14-5-7-16(8-6-14)18-10-15-11-19-21-13(3)9-12(2)20-17(15)21/h4-12,15H,1-3H3,(H,27,29);6-7,10-12,17H,3-5,8-9H2,1-2H3,(H,23,24)(H,27,29);1,5-9,11,18H,10H2,2-3H3. The Morgan fingerprint density at radius 1 is 0.738 bits per heavy atom. The summed E-state index contributed by atoms with van der Waals surface area (Å²) in [6.45, 7) is 16.0. The van der Waals surface area contributed by atoms with Gasteiger partial charge in [-0.05, 0) is 164 Å². The van der Waals surface area contributed by atoms with E-state index >= 15 is 0 Å². The van der Waals surface area contributed by atoms with Gasteiger partial charge in [-0.2, -0.15) is 15.3 Å². The van der Waals surface area contributed by atoms with Crippen LogP contribution in [0.4, 0.5) is 17.1 Å². The number of halogens is 1. The molecule has 0 saturated heterocycles. The molecule has 2 aliphatic rings. The number of amides is 2. The van der Waals surface area contributed by atoms with Crippen molar-refractivity contribution in [3.05, 3.63) is 200 Å². The van der Waals surface area contributed by atoms with E-state index in [4.69, 9.17) is 22.8 Å². The molecule has 10 aromatic rings. The number of carbonyl (C=O) groups is 2. The highest BCUT2D eigenvalue weighted by Gasteiger charge is 2.27. The molecule has 18 nitrogen and oxygen atoms in total. The van der Waals surface area contributed by atoms with Gasteiger partial charge in [-0.3, -0.25) is 19.6 Å². The van der Waals surface area contributed by atoms with Crippen LogP contribution in [0, 0.1) is 53.9 Å². The van der Waals surface area contributed by atoms with Crippen molar-refractivity contribution in [1.29, 1.82) is 0 Å². The van der Waals surface area contributed by atoms with Crippen molar-refractivity contribution in [3.8, 4) is 18.1 Å². The number of pyridine rings is 1. The quantitative estimate of drug-likeness (QED) is 0.0893. The molecule has 2 atom stereocenters. The number of rotatable bonds is 11. The monoisotopic (exact) mass is 1090 g/mol. The van der Waals surface area contributed by atoms with Gasteiger partial charge >= 0.3 is 0 Å². The molecule has 19 heteroatoms. The van der Waals surface area contributed by atoms with Gasteiger partial charge in [-0.25, -0.2) is 28.5 Å². The Bertz CT molecular complexity index is 4010. The summed E-state index contributed by atoms with van der Waals surface area (Å²) in [5.74, 6) is 4.14. The van der Waals surface area contributed by atoms with E-state index in [1.807, 2.05) is 114 Å². The van der Waals surface area contributed by atoms with Crippen molar-refractivity contribution in [3.63, 3.8) is 0 Å². The maximum Gasteiger partial charge on any atom is 0.261 e. The number of anilines is 3. The second kappa shape index (κ2) is 23.6. The number of ether oxygens (including phenoxy) is 1. The molecule has 0 saturated carbocycles. The SMILES string of the molecule is C#Cc1ccc(NCc2cnn3c(C)cc(C)nc23)cc1.Cc1cc(C)n2ncc(C(=O)Nc3ccc(Cl)c(C(C)Oc4cccnc4)c3)c2n1.Cc1cc(C)n2ncc(C(=O)Nc3ccc4c(c3)C(C3=NCCN3)CCC4)c2n1. The number of aryl methyl sites for hydroxylation is 7. The number of aromatic nitrogens is 10. The Morgan fingerprint density at radius 3 is 1.93 bits per heavy atom. The molecule has 2 amide bonds. The fourth-order valence-corrected chi connectivity index (χ4v) is 10.3. The highest BCUT2D eigenvalue weighted by atomic mass is 35.5. The van der Waals surface area contributed by atoms with E-state index in [1.54, 1.807) is 51.9 Å². The van der Waals surface area contributed by atoms with Crippen LogP contribution in [0.25, 0.3) is 16.9 Å². The Kier molecular flexibility index (Phi) is 15.9. The van der Waals surface area contributed by atoms with Crippen molar-refractivity contribution >= 4 is 63.3 Å². The molecule has 1 aliphatic carbocycles. The highest BCUT2D eigenvalue weighted by molar-refractivity contribution is 6.31. The molecule has 0 bridgehead atoms. The third-order valence-corrected chi connectivity index (χ3v) is 14.2. The first-order valence-electron chi connectivity index (χ1n) is 26.3. The molecular formula is C61H60ClN15O3. The molecule has 80 heavy (non-hydrogen) atoms. The predicted octanol–water partition coefficient (Wildman–Crippen LogP) is 10.7.